The molecule has 0 spiro atoms. The lowest BCUT2D eigenvalue weighted by atomic mass is 9.96. The predicted molar refractivity (Wildman–Crippen MR) is 119 cm³/mol. The lowest BCUT2D eigenvalue weighted by Crippen LogP contribution is -2.35. The summed E-state index contributed by atoms with van der Waals surface area (Å²) in [6.45, 7) is 2.46. The summed E-state index contributed by atoms with van der Waals surface area (Å²) in [7, 11) is 1.33. The fraction of sp³-hybridized carbons (Fsp3) is 0.364. The van der Waals surface area contributed by atoms with Crippen LogP contribution in [0.25, 0.3) is 0 Å². The van der Waals surface area contributed by atoms with E-state index in [9.17, 15) is 31.9 Å². The minimum absolute atomic E-state index is 0.00602. The van der Waals surface area contributed by atoms with Crippen molar-refractivity contribution in [1.29, 1.82) is 0 Å². The first kappa shape index (κ1) is 26.8. The number of benzene rings is 1. The molecule has 3 rings (SSSR count). The fourth-order valence-corrected chi connectivity index (χ4v) is 3.32. The molecule has 0 aliphatic rings. The molecule has 2 amide bonds. The number of hydrogen-bond acceptors (Lipinski definition) is 6. The van der Waals surface area contributed by atoms with E-state index in [1.54, 1.807) is 0 Å². The number of rotatable bonds is 9. The molecule has 0 radical (unpaired) electrons. The standard InChI is InChI=1S/C22H23F5N6O3/c1-22(2,35)7-14-16(31-32-17(14)19(26)27)10-33(12-8-28-20(36-3)29-9-12)21(34)30-11-4-5-15(23)13(6-11)18(24)25/h4-6,8-9,18-19,35H,7,10H2,1-3H3,(H,30,34)(H,31,32). The Morgan fingerprint density at radius 2 is 1.86 bits per heavy atom. The van der Waals surface area contributed by atoms with Crippen molar-refractivity contribution in [2.45, 2.75) is 45.3 Å². The van der Waals surface area contributed by atoms with Crippen molar-refractivity contribution in [3.63, 3.8) is 0 Å². The van der Waals surface area contributed by atoms with E-state index in [0.717, 1.165) is 23.1 Å². The van der Waals surface area contributed by atoms with Crippen molar-refractivity contribution >= 4 is 17.4 Å². The summed E-state index contributed by atoms with van der Waals surface area (Å²) in [5.74, 6) is -1.14. The highest BCUT2D eigenvalue weighted by atomic mass is 19.3. The summed E-state index contributed by atoms with van der Waals surface area (Å²) in [6, 6.07) is 1.74. The predicted octanol–water partition coefficient (Wildman–Crippen LogP) is 4.77. The third-order valence-electron chi connectivity index (χ3n) is 4.96. The van der Waals surface area contributed by atoms with Crippen LogP contribution < -0.4 is 15.0 Å². The normalized spacial score (nSPS) is 11.8. The minimum atomic E-state index is -3.12. The number of methoxy groups -OCH3 is 1. The first-order valence-corrected chi connectivity index (χ1v) is 10.5. The molecule has 0 unspecified atom stereocenters. The molecule has 3 N–H and O–H groups in total. The second-order valence-electron chi connectivity index (χ2n) is 8.33. The van der Waals surface area contributed by atoms with Gasteiger partial charge in [0.25, 0.3) is 12.9 Å². The Labute approximate surface area is 202 Å². The van der Waals surface area contributed by atoms with Gasteiger partial charge in [-0.05, 0) is 32.0 Å². The molecular weight excluding hydrogens is 491 g/mol. The van der Waals surface area contributed by atoms with Crippen LogP contribution in [0, 0.1) is 5.82 Å². The number of nitrogens with zero attached hydrogens (tertiary/aromatic N) is 4. The number of aromatic nitrogens is 4. The molecule has 36 heavy (non-hydrogen) atoms. The van der Waals surface area contributed by atoms with Crippen LogP contribution >= 0.6 is 0 Å². The van der Waals surface area contributed by atoms with Gasteiger partial charge in [0.2, 0.25) is 0 Å². The monoisotopic (exact) mass is 514 g/mol. The summed E-state index contributed by atoms with van der Waals surface area (Å²) in [5, 5.41) is 18.7. The molecule has 2 heterocycles. The molecular formula is C22H23F5N6O3. The van der Waals surface area contributed by atoms with Gasteiger partial charge >= 0.3 is 12.0 Å². The second-order valence-corrected chi connectivity index (χ2v) is 8.33. The third kappa shape index (κ3) is 6.44. The highest BCUT2D eigenvalue weighted by Gasteiger charge is 2.28. The van der Waals surface area contributed by atoms with E-state index in [0.29, 0.717) is 0 Å². The van der Waals surface area contributed by atoms with Crippen molar-refractivity contribution in [3.8, 4) is 6.01 Å². The van der Waals surface area contributed by atoms with Crippen LogP contribution in [0.15, 0.2) is 30.6 Å². The number of hydrogen-bond donors (Lipinski definition) is 3. The van der Waals surface area contributed by atoms with Gasteiger partial charge in [0, 0.05) is 17.7 Å². The van der Waals surface area contributed by atoms with E-state index >= 15 is 0 Å². The molecule has 0 saturated heterocycles. The summed E-state index contributed by atoms with van der Waals surface area (Å²) in [4.78, 5) is 22.0. The Morgan fingerprint density at radius 1 is 1.19 bits per heavy atom. The molecule has 2 aromatic heterocycles. The number of halogens is 5. The van der Waals surface area contributed by atoms with Crippen LogP contribution in [-0.4, -0.2) is 44.0 Å². The zero-order valence-electron chi connectivity index (χ0n) is 19.4. The van der Waals surface area contributed by atoms with Gasteiger partial charge in [-0.25, -0.2) is 36.7 Å². The topological polar surface area (TPSA) is 116 Å². The van der Waals surface area contributed by atoms with Crippen molar-refractivity contribution in [2.75, 3.05) is 17.3 Å². The molecule has 0 aliphatic carbocycles. The van der Waals surface area contributed by atoms with Gasteiger partial charge in [-0.15, -0.1) is 0 Å². The van der Waals surface area contributed by atoms with E-state index in [2.05, 4.69) is 25.5 Å². The molecule has 0 saturated carbocycles. The van der Waals surface area contributed by atoms with E-state index in [1.807, 2.05) is 0 Å². The van der Waals surface area contributed by atoms with Crippen LogP contribution in [0.2, 0.25) is 0 Å². The number of carbonyl (C=O) groups is 1. The second kappa shape index (κ2) is 10.8. The number of anilines is 2. The smallest absolute Gasteiger partial charge is 0.326 e. The van der Waals surface area contributed by atoms with Crippen molar-refractivity contribution in [3.05, 3.63) is 58.9 Å². The van der Waals surface area contributed by atoms with Gasteiger partial charge in [-0.3, -0.25) is 10.00 Å². The highest BCUT2D eigenvalue weighted by Crippen LogP contribution is 2.29. The fourth-order valence-electron chi connectivity index (χ4n) is 3.32. The van der Waals surface area contributed by atoms with E-state index in [4.69, 9.17) is 4.74 Å². The number of H-pyrrole nitrogens is 1. The number of alkyl halides is 4. The largest absolute Gasteiger partial charge is 0.467 e. The minimum Gasteiger partial charge on any atom is -0.467 e. The summed E-state index contributed by atoms with van der Waals surface area (Å²) >= 11 is 0. The van der Waals surface area contributed by atoms with Gasteiger partial charge in [-0.1, -0.05) is 0 Å². The Bertz CT molecular complexity index is 1200. The molecule has 9 nitrogen and oxygen atoms in total. The van der Waals surface area contributed by atoms with Gasteiger partial charge in [0.05, 0.1) is 48.6 Å². The number of aliphatic hydroxyl groups is 1. The van der Waals surface area contributed by atoms with Crippen LogP contribution in [0.3, 0.4) is 0 Å². The lowest BCUT2D eigenvalue weighted by molar-refractivity contribution is 0.0787. The Balaban J connectivity index is 2.00. The van der Waals surface area contributed by atoms with E-state index in [1.165, 1.54) is 33.4 Å². The maximum absolute atomic E-state index is 13.7. The lowest BCUT2D eigenvalue weighted by Gasteiger charge is -2.24. The van der Waals surface area contributed by atoms with Crippen molar-refractivity contribution in [1.82, 2.24) is 20.2 Å². The Morgan fingerprint density at radius 3 is 2.42 bits per heavy atom. The summed E-state index contributed by atoms with van der Waals surface area (Å²) in [6.07, 6.45) is -3.81. The van der Waals surface area contributed by atoms with Crippen LogP contribution in [0.5, 0.6) is 6.01 Å². The summed E-state index contributed by atoms with van der Waals surface area (Å²) in [5.41, 5.74) is -2.83. The molecule has 0 bridgehead atoms. The van der Waals surface area contributed by atoms with Crippen LogP contribution in [0.1, 0.15) is 49.2 Å². The third-order valence-corrected chi connectivity index (χ3v) is 4.96. The molecule has 3 aromatic rings. The Hall–Kier alpha value is -3.81. The summed E-state index contributed by atoms with van der Waals surface area (Å²) < 4.78 is 71.9. The number of urea groups is 1. The zero-order valence-corrected chi connectivity index (χ0v) is 19.4. The zero-order chi connectivity index (χ0) is 26.6. The maximum Gasteiger partial charge on any atom is 0.326 e. The van der Waals surface area contributed by atoms with Crippen molar-refractivity contribution < 1.29 is 36.6 Å². The molecule has 194 valence electrons. The highest BCUT2D eigenvalue weighted by molar-refractivity contribution is 6.01. The average Bonchev–Trinajstić information content (AvgIpc) is 3.19. The number of nitrogens with one attached hydrogen (secondary N) is 2. The quantitative estimate of drug-likeness (QED) is 0.354. The molecule has 0 atom stereocenters. The maximum atomic E-state index is 13.7. The van der Waals surface area contributed by atoms with Gasteiger partial charge < -0.3 is 15.2 Å². The first-order valence-electron chi connectivity index (χ1n) is 10.5. The van der Waals surface area contributed by atoms with Gasteiger partial charge in [-0.2, -0.15) is 5.10 Å². The number of ether oxygens (including phenoxy) is 1. The number of aromatic amines is 1. The molecule has 1 aromatic carbocycles. The van der Waals surface area contributed by atoms with Crippen LogP contribution in [0.4, 0.5) is 38.1 Å². The molecule has 0 aliphatic heterocycles. The Kier molecular flexibility index (Phi) is 8.07. The SMILES string of the molecule is COc1ncc(N(Cc2n[nH]c(C(F)F)c2CC(C)(C)O)C(=O)Nc2ccc(F)c(C(F)F)c2)cn1. The van der Waals surface area contributed by atoms with Crippen molar-refractivity contribution in [2.24, 2.45) is 0 Å². The number of amides is 2. The van der Waals surface area contributed by atoms with E-state index in [-0.39, 0.29) is 41.6 Å². The van der Waals surface area contributed by atoms with Gasteiger partial charge in [0.1, 0.15) is 11.5 Å². The van der Waals surface area contributed by atoms with E-state index < -0.39 is 41.6 Å². The molecule has 0 fully saturated rings. The first-order chi connectivity index (χ1) is 16.9. The number of carbonyl (C=O) groups excluding carboxylic acids is 1. The molecule has 14 heteroatoms. The average molecular weight is 514 g/mol. The van der Waals surface area contributed by atoms with Crippen LogP contribution in [-0.2, 0) is 13.0 Å². The van der Waals surface area contributed by atoms with Gasteiger partial charge in [0.15, 0.2) is 0 Å².